The van der Waals surface area contributed by atoms with E-state index in [1.807, 2.05) is 0 Å². The van der Waals surface area contributed by atoms with Gasteiger partial charge in [-0.05, 0) is 65.1 Å². The predicted molar refractivity (Wildman–Crippen MR) is 120 cm³/mol. The average Bonchev–Trinajstić information content (AvgIpc) is 2.68. The number of hydrogen-bond acceptors (Lipinski definition) is 1. The zero-order valence-corrected chi connectivity index (χ0v) is 17.8. The van der Waals surface area contributed by atoms with Gasteiger partial charge in [-0.15, -0.1) is 0 Å². The van der Waals surface area contributed by atoms with Gasteiger partial charge in [0.25, 0.3) is 0 Å². The van der Waals surface area contributed by atoms with E-state index < -0.39 is 0 Å². The summed E-state index contributed by atoms with van der Waals surface area (Å²) < 4.78 is 6.43. The van der Waals surface area contributed by atoms with Crippen molar-refractivity contribution >= 4 is 0 Å². The predicted octanol–water partition coefficient (Wildman–Crippen LogP) is 7.95. The normalized spacial score (nSPS) is 12.4. The zero-order valence-electron chi connectivity index (χ0n) is 17.8. The van der Waals surface area contributed by atoms with Gasteiger partial charge in [0, 0.05) is 0 Å². The van der Waals surface area contributed by atoms with Crippen LogP contribution >= 0.6 is 0 Å². The Kier molecular flexibility index (Phi) is 6.57. The van der Waals surface area contributed by atoms with Crippen molar-refractivity contribution in [3.05, 3.63) is 89.5 Å². The minimum atomic E-state index is 0.0803. The van der Waals surface area contributed by atoms with Crippen molar-refractivity contribution in [2.24, 2.45) is 5.92 Å². The summed E-state index contributed by atoms with van der Waals surface area (Å²) in [6, 6.07) is 25.9. The molecule has 0 radical (unpaired) electrons. The van der Waals surface area contributed by atoms with E-state index in [1.165, 1.54) is 27.8 Å². The second kappa shape index (κ2) is 9.10. The Morgan fingerprint density at radius 2 is 1.43 bits per heavy atom. The summed E-state index contributed by atoms with van der Waals surface area (Å²) >= 11 is 0. The van der Waals surface area contributed by atoms with Crippen LogP contribution in [0.3, 0.4) is 0 Å². The van der Waals surface area contributed by atoms with Crippen molar-refractivity contribution < 1.29 is 4.74 Å². The van der Waals surface area contributed by atoms with Crippen LogP contribution in [0.1, 0.15) is 62.8 Å². The molecule has 3 rings (SSSR count). The Hall–Kier alpha value is -2.54. The number of benzene rings is 3. The van der Waals surface area contributed by atoms with Crippen LogP contribution in [0.25, 0.3) is 11.1 Å². The van der Waals surface area contributed by atoms with E-state index in [-0.39, 0.29) is 6.10 Å². The standard InChI is InChI=1S/C27H32O/c1-19(2)17-27(24-9-7-6-8-10-24)28-25-15-16-26(21(5)18-25)23-13-11-22(12-14-23)20(3)4/h6-16,18-20,27H,17H2,1-5H3. The van der Waals surface area contributed by atoms with Crippen molar-refractivity contribution in [3.8, 4) is 16.9 Å². The Morgan fingerprint density at radius 1 is 0.750 bits per heavy atom. The molecule has 0 saturated heterocycles. The van der Waals surface area contributed by atoms with Crippen LogP contribution in [-0.4, -0.2) is 0 Å². The van der Waals surface area contributed by atoms with Crippen LogP contribution in [0, 0.1) is 12.8 Å². The lowest BCUT2D eigenvalue weighted by molar-refractivity contribution is 0.177. The summed E-state index contributed by atoms with van der Waals surface area (Å²) in [5.74, 6) is 2.07. The number of ether oxygens (including phenoxy) is 1. The fraction of sp³-hybridized carbons (Fsp3) is 0.333. The van der Waals surface area contributed by atoms with Crippen LogP contribution in [0.15, 0.2) is 72.8 Å². The SMILES string of the molecule is Cc1cc(OC(CC(C)C)c2ccccc2)ccc1-c1ccc(C(C)C)cc1. The van der Waals surface area contributed by atoms with Crippen LogP contribution in [0.4, 0.5) is 0 Å². The average molecular weight is 373 g/mol. The summed E-state index contributed by atoms with van der Waals surface area (Å²) in [6.45, 7) is 11.1. The van der Waals surface area contributed by atoms with E-state index in [0.717, 1.165) is 12.2 Å². The van der Waals surface area contributed by atoms with Gasteiger partial charge in [0.15, 0.2) is 0 Å². The van der Waals surface area contributed by atoms with Crippen molar-refractivity contribution in [3.63, 3.8) is 0 Å². The molecule has 146 valence electrons. The molecular weight excluding hydrogens is 340 g/mol. The van der Waals surface area contributed by atoms with Crippen molar-refractivity contribution in [1.82, 2.24) is 0 Å². The van der Waals surface area contributed by atoms with Gasteiger partial charge in [-0.1, -0.05) is 88.4 Å². The lowest BCUT2D eigenvalue weighted by Gasteiger charge is -2.22. The molecule has 0 N–H and O–H groups in total. The summed E-state index contributed by atoms with van der Waals surface area (Å²) in [5, 5.41) is 0. The highest BCUT2D eigenvalue weighted by molar-refractivity contribution is 5.68. The first-order chi connectivity index (χ1) is 13.4. The van der Waals surface area contributed by atoms with Gasteiger partial charge in [-0.2, -0.15) is 0 Å². The molecule has 0 aliphatic rings. The monoisotopic (exact) mass is 372 g/mol. The number of rotatable bonds is 7. The Balaban J connectivity index is 1.82. The maximum absolute atomic E-state index is 6.43. The molecule has 0 spiro atoms. The quantitative estimate of drug-likeness (QED) is 0.409. The van der Waals surface area contributed by atoms with Crippen LogP contribution in [-0.2, 0) is 0 Å². The zero-order chi connectivity index (χ0) is 20.1. The Bertz CT molecular complexity index is 876. The summed E-state index contributed by atoms with van der Waals surface area (Å²) in [5.41, 5.74) is 6.38. The Morgan fingerprint density at radius 3 is 2.00 bits per heavy atom. The molecule has 1 atom stereocenters. The van der Waals surface area contributed by atoms with Gasteiger partial charge in [-0.3, -0.25) is 0 Å². The first kappa shape index (κ1) is 20.2. The third-order valence-electron chi connectivity index (χ3n) is 5.22. The second-order valence-electron chi connectivity index (χ2n) is 8.40. The van der Waals surface area contributed by atoms with Crippen LogP contribution in [0.5, 0.6) is 5.75 Å². The minimum absolute atomic E-state index is 0.0803. The fourth-order valence-electron chi connectivity index (χ4n) is 3.59. The lowest BCUT2D eigenvalue weighted by atomic mass is 9.96. The lowest BCUT2D eigenvalue weighted by Crippen LogP contribution is -2.10. The molecule has 0 fully saturated rings. The summed E-state index contributed by atoms with van der Waals surface area (Å²) in [7, 11) is 0. The highest BCUT2D eigenvalue weighted by Crippen LogP contribution is 2.32. The third kappa shape index (κ3) is 5.04. The Labute approximate surface area is 170 Å². The molecule has 0 heterocycles. The largest absolute Gasteiger partial charge is 0.486 e. The molecule has 3 aromatic carbocycles. The van der Waals surface area contributed by atoms with Gasteiger partial charge in [-0.25, -0.2) is 0 Å². The fourth-order valence-corrected chi connectivity index (χ4v) is 3.59. The van der Waals surface area contributed by atoms with Gasteiger partial charge < -0.3 is 4.74 Å². The first-order valence-corrected chi connectivity index (χ1v) is 10.4. The van der Waals surface area contributed by atoms with E-state index in [9.17, 15) is 0 Å². The molecule has 0 aliphatic carbocycles. The molecule has 0 aromatic heterocycles. The van der Waals surface area contributed by atoms with Crippen LogP contribution < -0.4 is 4.74 Å². The second-order valence-corrected chi connectivity index (χ2v) is 8.40. The molecular formula is C27H32O. The maximum atomic E-state index is 6.43. The minimum Gasteiger partial charge on any atom is -0.486 e. The molecule has 0 saturated carbocycles. The van der Waals surface area contributed by atoms with Crippen LogP contribution in [0.2, 0.25) is 0 Å². The molecule has 1 heteroatoms. The number of aryl methyl sites for hydroxylation is 1. The molecule has 0 aliphatic heterocycles. The van der Waals surface area contributed by atoms with E-state index in [0.29, 0.717) is 11.8 Å². The first-order valence-electron chi connectivity index (χ1n) is 10.4. The van der Waals surface area contributed by atoms with E-state index in [4.69, 9.17) is 4.74 Å². The third-order valence-corrected chi connectivity index (χ3v) is 5.22. The summed E-state index contributed by atoms with van der Waals surface area (Å²) in [4.78, 5) is 0. The molecule has 0 bridgehead atoms. The van der Waals surface area contributed by atoms with Crippen molar-refractivity contribution in [2.75, 3.05) is 0 Å². The molecule has 28 heavy (non-hydrogen) atoms. The maximum Gasteiger partial charge on any atom is 0.124 e. The topological polar surface area (TPSA) is 9.23 Å². The van der Waals surface area contributed by atoms with E-state index in [2.05, 4.69) is 107 Å². The highest BCUT2D eigenvalue weighted by Gasteiger charge is 2.16. The molecule has 0 amide bonds. The summed E-state index contributed by atoms with van der Waals surface area (Å²) in [6.07, 6.45) is 1.08. The number of hydrogen-bond donors (Lipinski definition) is 0. The van der Waals surface area contributed by atoms with E-state index in [1.54, 1.807) is 0 Å². The molecule has 1 unspecified atom stereocenters. The molecule has 1 nitrogen and oxygen atoms in total. The van der Waals surface area contributed by atoms with E-state index >= 15 is 0 Å². The smallest absolute Gasteiger partial charge is 0.124 e. The molecule has 3 aromatic rings. The highest BCUT2D eigenvalue weighted by atomic mass is 16.5. The van der Waals surface area contributed by atoms with Gasteiger partial charge in [0.05, 0.1) is 0 Å². The van der Waals surface area contributed by atoms with Crippen molar-refractivity contribution in [2.45, 2.75) is 53.1 Å². The van der Waals surface area contributed by atoms with Gasteiger partial charge in [0.2, 0.25) is 0 Å². The van der Waals surface area contributed by atoms with Gasteiger partial charge >= 0.3 is 0 Å². The van der Waals surface area contributed by atoms with Crippen molar-refractivity contribution in [1.29, 1.82) is 0 Å². The van der Waals surface area contributed by atoms with Gasteiger partial charge in [0.1, 0.15) is 11.9 Å².